The van der Waals surface area contributed by atoms with Crippen LogP contribution in [0.1, 0.15) is 30.9 Å². The molecule has 4 nitrogen and oxygen atoms in total. The Kier molecular flexibility index (Phi) is 4.78. The minimum Gasteiger partial charge on any atom is -0.393 e. The third-order valence-electron chi connectivity index (χ3n) is 4.16. The standard InChI is InChI=1S/C16H24N2O2/c1-11-5-4-6-12(2)15(11)17-16(20)13(3)18-9-7-14(19)8-10-18/h4-6,13-14,19H,7-10H2,1-3H3,(H,17,20). The van der Waals surface area contributed by atoms with Crippen LogP contribution >= 0.6 is 0 Å². The van der Waals surface area contributed by atoms with Crippen LogP contribution in [0.25, 0.3) is 0 Å². The van der Waals surface area contributed by atoms with Crippen molar-refractivity contribution in [3.05, 3.63) is 29.3 Å². The van der Waals surface area contributed by atoms with Crippen molar-refractivity contribution in [2.45, 2.75) is 45.8 Å². The highest BCUT2D eigenvalue weighted by atomic mass is 16.3. The summed E-state index contributed by atoms with van der Waals surface area (Å²) in [6.45, 7) is 7.50. The van der Waals surface area contributed by atoms with Gasteiger partial charge < -0.3 is 10.4 Å². The Labute approximate surface area is 120 Å². The van der Waals surface area contributed by atoms with E-state index in [2.05, 4.69) is 10.2 Å². The van der Waals surface area contributed by atoms with Gasteiger partial charge in [0, 0.05) is 18.8 Å². The number of carbonyl (C=O) groups excluding carboxylic acids is 1. The molecule has 0 bridgehead atoms. The average molecular weight is 276 g/mol. The Morgan fingerprint density at radius 3 is 2.40 bits per heavy atom. The van der Waals surface area contributed by atoms with E-state index >= 15 is 0 Å². The number of aliphatic hydroxyl groups excluding tert-OH is 1. The van der Waals surface area contributed by atoms with Gasteiger partial charge in [-0.15, -0.1) is 0 Å². The molecule has 20 heavy (non-hydrogen) atoms. The summed E-state index contributed by atoms with van der Waals surface area (Å²) in [7, 11) is 0. The number of piperidine rings is 1. The lowest BCUT2D eigenvalue weighted by atomic mass is 10.1. The van der Waals surface area contributed by atoms with Gasteiger partial charge in [-0.2, -0.15) is 0 Å². The first-order valence-electron chi connectivity index (χ1n) is 7.28. The molecule has 0 aliphatic carbocycles. The quantitative estimate of drug-likeness (QED) is 0.889. The van der Waals surface area contributed by atoms with Crippen molar-refractivity contribution in [1.29, 1.82) is 0 Å². The minimum absolute atomic E-state index is 0.0267. The summed E-state index contributed by atoms with van der Waals surface area (Å²) in [5.41, 5.74) is 3.08. The number of nitrogens with one attached hydrogen (secondary N) is 1. The number of nitrogens with zero attached hydrogens (tertiary/aromatic N) is 1. The first kappa shape index (κ1) is 15.0. The van der Waals surface area contributed by atoms with Gasteiger partial charge in [0.1, 0.15) is 0 Å². The second-order valence-corrected chi connectivity index (χ2v) is 5.70. The maximum absolute atomic E-state index is 12.4. The first-order valence-corrected chi connectivity index (χ1v) is 7.28. The molecule has 1 aliphatic rings. The Balaban J connectivity index is 2.01. The van der Waals surface area contributed by atoms with Crippen LogP contribution in [0.2, 0.25) is 0 Å². The van der Waals surface area contributed by atoms with Crippen molar-refractivity contribution in [2.75, 3.05) is 18.4 Å². The zero-order chi connectivity index (χ0) is 14.7. The van der Waals surface area contributed by atoms with Crippen LogP contribution in [0.4, 0.5) is 5.69 Å². The number of carbonyl (C=O) groups is 1. The fourth-order valence-corrected chi connectivity index (χ4v) is 2.68. The summed E-state index contributed by atoms with van der Waals surface area (Å²) in [5, 5.41) is 12.6. The lowest BCUT2D eigenvalue weighted by Gasteiger charge is -2.33. The molecule has 1 aromatic rings. The van der Waals surface area contributed by atoms with Gasteiger partial charge in [0.05, 0.1) is 12.1 Å². The molecule has 4 heteroatoms. The lowest BCUT2D eigenvalue weighted by Crippen LogP contribution is -2.47. The number of rotatable bonds is 3. The van der Waals surface area contributed by atoms with E-state index in [1.54, 1.807) is 0 Å². The van der Waals surface area contributed by atoms with Crippen LogP contribution in [0.5, 0.6) is 0 Å². The normalized spacial score (nSPS) is 18.8. The van der Waals surface area contributed by atoms with Gasteiger partial charge in [0.2, 0.25) is 5.91 Å². The maximum atomic E-state index is 12.4. The van der Waals surface area contributed by atoms with Gasteiger partial charge >= 0.3 is 0 Å². The molecule has 110 valence electrons. The molecule has 0 spiro atoms. The molecule has 2 rings (SSSR count). The number of para-hydroxylation sites is 1. The summed E-state index contributed by atoms with van der Waals surface area (Å²) in [6, 6.07) is 5.84. The van der Waals surface area contributed by atoms with Crippen molar-refractivity contribution < 1.29 is 9.90 Å². The molecule has 1 unspecified atom stereocenters. The van der Waals surface area contributed by atoms with E-state index in [4.69, 9.17) is 0 Å². The molecular weight excluding hydrogens is 252 g/mol. The van der Waals surface area contributed by atoms with Crippen molar-refractivity contribution in [3.63, 3.8) is 0 Å². The monoisotopic (exact) mass is 276 g/mol. The van der Waals surface area contributed by atoms with Gasteiger partial charge in [-0.3, -0.25) is 9.69 Å². The molecule has 1 aromatic carbocycles. The van der Waals surface area contributed by atoms with E-state index in [0.29, 0.717) is 0 Å². The number of aryl methyl sites for hydroxylation is 2. The van der Waals surface area contributed by atoms with Crippen LogP contribution < -0.4 is 5.32 Å². The highest BCUT2D eigenvalue weighted by molar-refractivity contribution is 5.95. The second-order valence-electron chi connectivity index (χ2n) is 5.70. The Bertz CT molecular complexity index is 459. The van der Waals surface area contributed by atoms with Gasteiger partial charge in [0.25, 0.3) is 0 Å². The Hall–Kier alpha value is -1.39. The van der Waals surface area contributed by atoms with Crippen LogP contribution in [-0.4, -0.2) is 41.1 Å². The Morgan fingerprint density at radius 1 is 1.30 bits per heavy atom. The fraction of sp³-hybridized carbons (Fsp3) is 0.562. The molecule has 1 atom stereocenters. The van der Waals surface area contributed by atoms with Crippen LogP contribution in [0.15, 0.2) is 18.2 Å². The summed E-state index contributed by atoms with van der Waals surface area (Å²) in [5.74, 6) is 0.0267. The van der Waals surface area contributed by atoms with Crippen molar-refractivity contribution in [1.82, 2.24) is 4.90 Å². The van der Waals surface area contributed by atoms with Crippen LogP contribution in [-0.2, 0) is 4.79 Å². The smallest absolute Gasteiger partial charge is 0.241 e. The molecule has 2 N–H and O–H groups in total. The van der Waals surface area contributed by atoms with Crippen LogP contribution in [0, 0.1) is 13.8 Å². The van der Waals surface area contributed by atoms with Gasteiger partial charge in [-0.1, -0.05) is 18.2 Å². The lowest BCUT2D eigenvalue weighted by molar-refractivity contribution is -0.121. The van der Waals surface area contributed by atoms with Crippen molar-refractivity contribution in [2.24, 2.45) is 0 Å². The van der Waals surface area contributed by atoms with Gasteiger partial charge in [0.15, 0.2) is 0 Å². The van der Waals surface area contributed by atoms with E-state index in [9.17, 15) is 9.90 Å². The van der Waals surface area contributed by atoms with Crippen LogP contribution in [0.3, 0.4) is 0 Å². The zero-order valence-electron chi connectivity index (χ0n) is 12.5. The topological polar surface area (TPSA) is 52.6 Å². The number of benzene rings is 1. The predicted molar refractivity (Wildman–Crippen MR) is 80.8 cm³/mol. The summed E-state index contributed by atoms with van der Waals surface area (Å²) < 4.78 is 0. The van der Waals surface area contributed by atoms with E-state index in [0.717, 1.165) is 42.7 Å². The predicted octanol–water partition coefficient (Wildman–Crippen LogP) is 2.09. The Morgan fingerprint density at radius 2 is 1.85 bits per heavy atom. The molecule has 1 saturated heterocycles. The summed E-state index contributed by atoms with van der Waals surface area (Å²) >= 11 is 0. The van der Waals surface area contributed by atoms with E-state index in [-0.39, 0.29) is 18.1 Å². The van der Waals surface area contributed by atoms with E-state index < -0.39 is 0 Å². The molecule has 0 aromatic heterocycles. The van der Waals surface area contributed by atoms with Gasteiger partial charge in [-0.25, -0.2) is 0 Å². The second kappa shape index (κ2) is 6.37. The molecular formula is C16H24N2O2. The first-order chi connectivity index (χ1) is 9.49. The maximum Gasteiger partial charge on any atom is 0.241 e. The van der Waals surface area contributed by atoms with E-state index in [1.165, 1.54) is 0 Å². The SMILES string of the molecule is Cc1cccc(C)c1NC(=O)C(C)N1CCC(O)CC1. The third kappa shape index (κ3) is 3.38. The molecule has 0 saturated carbocycles. The van der Waals surface area contributed by atoms with Crippen molar-refractivity contribution >= 4 is 11.6 Å². The fourth-order valence-electron chi connectivity index (χ4n) is 2.68. The molecule has 1 fully saturated rings. The summed E-state index contributed by atoms with van der Waals surface area (Å²) in [4.78, 5) is 14.5. The largest absolute Gasteiger partial charge is 0.393 e. The number of likely N-dealkylation sites (tertiary alicyclic amines) is 1. The number of amides is 1. The minimum atomic E-state index is -0.208. The number of aliphatic hydroxyl groups is 1. The number of hydrogen-bond acceptors (Lipinski definition) is 3. The van der Waals surface area contributed by atoms with Crippen molar-refractivity contribution in [3.8, 4) is 0 Å². The summed E-state index contributed by atoms with van der Waals surface area (Å²) in [6.07, 6.45) is 1.29. The van der Waals surface area contributed by atoms with Gasteiger partial charge in [-0.05, 0) is 44.7 Å². The molecule has 1 amide bonds. The van der Waals surface area contributed by atoms with E-state index in [1.807, 2.05) is 39.0 Å². The average Bonchev–Trinajstić information content (AvgIpc) is 2.43. The molecule has 1 heterocycles. The number of anilines is 1. The third-order valence-corrected chi connectivity index (χ3v) is 4.16. The molecule has 0 radical (unpaired) electrons. The highest BCUT2D eigenvalue weighted by Gasteiger charge is 2.26. The molecule has 1 aliphatic heterocycles. The number of hydrogen-bond donors (Lipinski definition) is 2. The highest BCUT2D eigenvalue weighted by Crippen LogP contribution is 2.21. The zero-order valence-corrected chi connectivity index (χ0v) is 12.5.